The van der Waals surface area contributed by atoms with E-state index in [1.54, 1.807) is 0 Å². The van der Waals surface area contributed by atoms with Crippen LogP contribution in [-0.4, -0.2) is 19.7 Å². The van der Waals surface area contributed by atoms with Crippen molar-refractivity contribution in [3.05, 3.63) is 21.4 Å². The summed E-state index contributed by atoms with van der Waals surface area (Å²) in [4.78, 5) is 0.367. The first-order valence-electron chi connectivity index (χ1n) is 6.06. The molecule has 1 saturated heterocycles. The second kappa shape index (κ2) is 4.21. The number of fused-ring (bicyclic) bond motifs is 2. The number of piperidine rings is 1. The number of thiophene rings is 1. The summed E-state index contributed by atoms with van der Waals surface area (Å²) < 4.78 is 44.2. The minimum Gasteiger partial charge on any atom is -0.370 e. The number of hydrogen-bond donors (Lipinski definition) is 1. The molecular formula is C12H14F3NOS. The molecule has 0 amide bonds. The molecule has 0 aromatic carbocycles. The van der Waals surface area contributed by atoms with Crippen molar-refractivity contribution < 1.29 is 17.9 Å². The summed E-state index contributed by atoms with van der Waals surface area (Å²) in [6.45, 7) is 2.14. The van der Waals surface area contributed by atoms with Gasteiger partial charge in [-0.1, -0.05) is 0 Å². The number of ether oxygens (including phenoxy) is 1. The van der Waals surface area contributed by atoms with Crippen molar-refractivity contribution in [1.29, 1.82) is 0 Å². The van der Waals surface area contributed by atoms with Crippen LogP contribution < -0.4 is 5.32 Å². The minimum absolute atomic E-state index is 0.473. The highest BCUT2D eigenvalue weighted by Crippen LogP contribution is 2.46. The summed E-state index contributed by atoms with van der Waals surface area (Å²) in [6.07, 6.45) is -2.12. The minimum atomic E-state index is -4.24. The highest BCUT2D eigenvalue weighted by atomic mass is 32.1. The normalized spacial score (nSPS) is 23.1. The van der Waals surface area contributed by atoms with E-state index in [1.165, 1.54) is 6.07 Å². The third kappa shape index (κ3) is 1.96. The van der Waals surface area contributed by atoms with E-state index in [9.17, 15) is 13.2 Å². The average Bonchev–Trinajstić information content (AvgIpc) is 2.76. The lowest BCUT2D eigenvalue weighted by Crippen LogP contribution is -2.44. The number of nitrogens with one attached hydrogen (secondary N) is 1. The van der Waals surface area contributed by atoms with Gasteiger partial charge in [-0.05, 0) is 37.6 Å². The number of halogens is 3. The quantitative estimate of drug-likeness (QED) is 0.787. The standard InChI is InChI=1S/C12H14F3NOS/c13-12(14,15)10-7-8-9(18-10)1-6-17-11(8)2-4-16-5-3-11/h7,16H,1-6H2. The van der Waals surface area contributed by atoms with Gasteiger partial charge in [0.1, 0.15) is 4.88 Å². The fourth-order valence-electron chi connectivity index (χ4n) is 2.80. The third-order valence-corrected chi connectivity index (χ3v) is 4.94. The maximum absolute atomic E-state index is 12.8. The van der Waals surface area contributed by atoms with E-state index in [-0.39, 0.29) is 0 Å². The second-order valence-electron chi connectivity index (χ2n) is 4.79. The molecule has 2 aliphatic heterocycles. The van der Waals surface area contributed by atoms with E-state index < -0.39 is 16.7 Å². The van der Waals surface area contributed by atoms with Crippen LogP contribution >= 0.6 is 11.3 Å². The van der Waals surface area contributed by atoms with Crippen molar-refractivity contribution in [2.45, 2.75) is 31.0 Å². The lowest BCUT2D eigenvalue weighted by atomic mass is 9.83. The van der Waals surface area contributed by atoms with Crippen LogP contribution in [0.4, 0.5) is 13.2 Å². The number of alkyl halides is 3. The molecule has 3 heterocycles. The maximum Gasteiger partial charge on any atom is 0.425 e. The monoisotopic (exact) mass is 277 g/mol. The van der Waals surface area contributed by atoms with Gasteiger partial charge in [-0.2, -0.15) is 13.2 Å². The van der Waals surface area contributed by atoms with Gasteiger partial charge in [0, 0.05) is 11.3 Å². The summed E-state index contributed by atoms with van der Waals surface area (Å²) in [5.41, 5.74) is 0.311. The molecule has 18 heavy (non-hydrogen) atoms. The molecule has 3 rings (SSSR count). The molecule has 2 nitrogen and oxygen atoms in total. The summed E-state index contributed by atoms with van der Waals surface area (Å²) >= 11 is 0.884. The fourth-order valence-corrected chi connectivity index (χ4v) is 3.90. The fraction of sp³-hybridized carbons (Fsp3) is 0.667. The second-order valence-corrected chi connectivity index (χ2v) is 5.92. The van der Waals surface area contributed by atoms with E-state index in [0.29, 0.717) is 13.0 Å². The van der Waals surface area contributed by atoms with Crippen molar-refractivity contribution in [3.63, 3.8) is 0 Å². The van der Waals surface area contributed by atoms with Crippen molar-refractivity contribution in [2.75, 3.05) is 19.7 Å². The molecule has 100 valence electrons. The molecule has 0 atom stereocenters. The largest absolute Gasteiger partial charge is 0.425 e. The van der Waals surface area contributed by atoms with Gasteiger partial charge in [0.25, 0.3) is 0 Å². The van der Waals surface area contributed by atoms with Crippen LogP contribution in [0.2, 0.25) is 0 Å². The first-order chi connectivity index (χ1) is 8.51. The first kappa shape index (κ1) is 12.4. The van der Waals surface area contributed by atoms with Gasteiger partial charge in [-0.25, -0.2) is 0 Å². The van der Waals surface area contributed by atoms with Crippen LogP contribution in [0.25, 0.3) is 0 Å². The van der Waals surface area contributed by atoms with Gasteiger partial charge in [-0.15, -0.1) is 11.3 Å². The van der Waals surface area contributed by atoms with Gasteiger partial charge in [-0.3, -0.25) is 0 Å². The van der Waals surface area contributed by atoms with Crippen molar-refractivity contribution in [3.8, 4) is 0 Å². The lowest BCUT2D eigenvalue weighted by Gasteiger charge is -2.40. The van der Waals surface area contributed by atoms with Crippen molar-refractivity contribution in [2.24, 2.45) is 0 Å². The highest BCUT2D eigenvalue weighted by molar-refractivity contribution is 7.12. The zero-order valence-electron chi connectivity index (χ0n) is 9.77. The Morgan fingerprint density at radius 3 is 2.67 bits per heavy atom. The molecule has 2 aliphatic rings. The molecule has 0 unspecified atom stereocenters. The van der Waals surface area contributed by atoms with Gasteiger partial charge in [0.2, 0.25) is 0 Å². The molecule has 1 N–H and O–H groups in total. The van der Waals surface area contributed by atoms with Crippen LogP contribution in [0.1, 0.15) is 28.2 Å². The molecule has 0 radical (unpaired) electrons. The zero-order chi connectivity index (χ0) is 12.8. The molecule has 0 saturated carbocycles. The Morgan fingerprint density at radius 2 is 2.00 bits per heavy atom. The summed E-state index contributed by atoms with van der Waals surface area (Å²) in [5, 5.41) is 3.23. The molecule has 1 aromatic heterocycles. The molecule has 1 spiro atoms. The van der Waals surface area contributed by atoms with Crippen LogP contribution in [0, 0.1) is 0 Å². The summed E-state index contributed by atoms with van der Waals surface area (Å²) in [5.74, 6) is 0. The Kier molecular flexibility index (Phi) is 2.91. The molecule has 6 heteroatoms. The van der Waals surface area contributed by atoms with Crippen LogP contribution in [0.15, 0.2) is 6.07 Å². The van der Waals surface area contributed by atoms with Crippen molar-refractivity contribution in [1.82, 2.24) is 5.32 Å². The topological polar surface area (TPSA) is 21.3 Å². The Hall–Kier alpha value is -0.590. The van der Waals surface area contributed by atoms with Gasteiger partial charge < -0.3 is 10.1 Å². The van der Waals surface area contributed by atoms with E-state index in [2.05, 4.69) is 5.32 Å². The Bertz CT molecular complexity index is 449. The zero-order valence-corrected chi connectivity index (χ0v) is 10.6. The average molecular weight is 277 g/mol. The van der Waals surface area contributed by atoms with Gasteiger partial charge in [0.15, 0.2) is 0 Å². The van der Waals surface area contributed by atoms with Gasteiger partial charge in [0.05, 0.1) is 12.2 Å². The Morgan fingerprint density at radius 1 is 1.28 bits per heavy atom. The third-order valence-electron chi connectivity index (χ3n) is 3.70. The SMILES string of the molecule is FC(F)(F)c1cc2c(s1)CCOC21CCNCC1. The maximum atomic E-state index is 12.8. The Balaban J connectivity index is 2.02. The number of rotatable bonds is 0. The van der Waals surface area contributed by atoms with Crippen LogP contribution in [-0.2, 0) is 22.9 Å². The van der Waals surface area contributed by atoms with E-state index in [0.717, 1.165) is 47.7 Å². The first-order valence-corrected chi connectivity index (χ1v) is 6.88. The van der Waals surface area contributed by atoms with Crippen molar-refractivity contribution >= 4 is 11.3 Å². The van der Waals surface area contributed by atoms with E-state index in [1.807, 2.05) is 0 Å². The van der Waals surface area contributed by atoms with Crippen LogP contribution in [0.5, 0.6) is 0 Å². The molecule has 0 bridgehead atoms. The molecular weight excluding hydrogens is 263 g/mol. The molecule has 1 fully saturated rings. The van der Waals surface area contributed by atoms with E-state index >= 15 is 0 Å². The smallest absolute Gasteiger partial charge is 0.370 e. The summed E-state index contributed by atoms with van der Waals surface area (Å²) in [6, 6.07) is 1.31. The molecule has 1 aromatic rings. The Labute approximate surface area is 107 Å². The summed E-state index contributed by atoms with van der Waals surface area (Å²) in [7, 11) is 0. The number of hydrogen-bond acceptors (Lipinski definition) is 3. The van der Waals surface area contributed by atoms with Gasteiger partial charge >= 0.3 is 6.18 Å². The molecule has 0 aliphatic carbocycles. The lowest BCUT2D eigenvalue weighted by molar-refractivity contribution is -0.134. The highest BCUT2D eigenvalue weighted by Gasteiger charge is 2.43. The predicted molar refractivity (Wildman–Crippen MR) is 62.8 cm³/mol. The predicted octanol–water partition coefficient (Wildman–Crippen LogP) is 2.92. The van der Waals surface area contributed by atoms with Crippen LogP contribution in [0.3, 0.4) is 0 Å². The van der Waals surface area contributed by atoms with E-state index in [4.69, 9.17) is 4.74 Å².